The minimum atomic E-state index is 0.0197. The van der Waals surface area contributed by atoms with E-state index in [1.807, 2.05) is 11.8 Å². The first-order chi connectivity index (χ1) is 7.06. The van der Waals surface area contributed by atoms with E-state index >= 15 is 0 Å². The van der Waals surface area contributed by atoms with Gasteiger partial charge in [0.1, 0.15) is 5.78 Å². The molecule has 0 radical (unpaired) electrons. The van der Waals surface area contributed by atoms with Crippen molar-refractivity contribution in [2.45, 2.75) is 51.2 Å². The topological polar surface area (TPSA) is 17.1 Å². The first kappa shape index (κ1) is 11.5. The van der Waals surface area contributed by atoms with Crippen molar-refractivity contribution in [1.29, 1.82) is 0 Å². The molecule has 1 heterocycles. The van der Waals surface area contributed by atoms with E-state index in [9.17, 15) is 4.79 Å². The molecule has 86 valence electrons. The average molecular weight is 226 g/mol. The van der Waals surface area contributed by atoms with Gasteiger partial charge in [-0.2, -0.15) is 0 Å². The van der Waals surface area contributed by atoms with E-state index in [1.54, 1.807) is 0 Å². The van der Waals surface area contributed by atoms with Gasteiger partial charge in [-0.15, -0.1) is 11.8 Å². The molecule has 1 saturated heterocycles. The fraction of sp³-hybridized carbons (Fsp3) is 0.923. The Morgan fingerprint density at radius 2 is 2.13 bits per heavy atom. The Balaban J connectivity index is 2.26. The molecular formula is C13H22OS. The van der Waals surface area contributed by atoms with E-state index < -0.39 is 0 Å². The number of hydrogen-bond donors (Lipinski definition) is 0. The van der Waals surface area contributed by atoms with Crippen molar-refractivity contribution >= 4 is 17.5 Å². The van der Waals surface area contributed by atoms with Crippen molar-refractivity contribution in [3.63, 3.8) is 0 Å². The van der Waals surface area contributed by atoms with Crippen LogP contribution in [0.15, 0.2) is 0 Å². The third-order valence-corrected chi connectivity index (χ3v) is 5.81. The highest BCUT2D eigenvalue weighted by atomic mass is 32.2. The molecule has 15 heavy (non-hydrogen) atoms. The lowest BCUT2D eigenvalue weighted by Crippen LogP contribution is -2.46. The van der Waals surface area contributed by atoms with E-state index in [0.29, 0.717) is 17.6 Å². The maximum atomic E-state index is 12.2. The van der Waals surface area contributed by atoms with Gasteiger partial charge in [-0.1, -0.05) is 27.2 Å². The fourth-order valence-electron chi connectivity index (χ4n) is 3.44. The van der Waals surface area contributed by atoms with E-state index in [1.165, 1.54) is 12.8 Å². The molecular weight excluding hydrogens is 204 g/mol. The Morgan fingerprint density at radius 3 is 2.67 bits per heavy atom. The zero-order chi connectivity index (χ0) is 11.1. The first-order valence-electron chi connectivity index (χ1n) is 6.23. The summed E-state index contributed by atoms with van der Waals surface area (Å²) in [6.45, 7) is 6.88. The SMILES string of the molecule is CC(C)[C@@H]1CC[C@@H](C)C[C@]12SCCC2=O. The largest absolute Gasteiger partial charge is 0.298 e. The predicted molar refractivity (Wildman–Crippen MR) is 66.2 cm³/mol. The molecule has 0 unspecified atom stereocenters. The van der Waals surface area contributed by atoms with Crippen LogP contribution in [0.5, 0.6) is 0 Å². The molecule has 3 atom stereocenters. The highest BCUT2D eigenvalue weighted by molar-refractivity contribution is 8.02. The number of carbonyl (C=O) groups excluding carboxylic acids is 1. The molecule has 1 saturated carbocycles. The zero-order valence-corrected chi connectivity index (χ0v) is 10.9. The van der Waals surface area contributed by atoms with Crippen molar-refractivity contribution in [2.75, 3.05) is 5.75 Å². The normalized spacial score (nSPS) is 41.7. The minimum Gasteiger partial charge on any atom is -0.298 e. The van der Waals surface area contributed by atoms with Gasteiger partial charge in [-0.25, -0.2) is 0 Å². The summed E-state index contributed by atoms with van der Waals surface area (Å²) < 4.78 is 0.0197. The van der Waals surface area contributed by atoms with Crippen LogP contribution in [0.1, 0.15) is 46.5 Å². The molecule has 0 aromatic heterocycles. The number of rotatable bonds is 1. The smallest absolute Gasteiger partial charge is 0.150 e. The van der Waals surface area contributed by atoms with Crippen LogP contribution in [0, 0.1) is 17.8 Å². The van der Waals surface area contributed by atoms with Crippen LogP contribution >= 0.6 is 11.8 Å². The summed E-state index contributed by atoms with van der Waals surface area (Å²) in [5, 5.41) is 0. The molecule has 0 N–H and O–H groups in total. The average Bonchev–Trinajstić information content (AvgIpc) is 2.48. The lowest BCUT2D eigenvalue weighted by Gasteiger charge is -2.44. The van der Waals surface area contributed by atoms with Gasteiger partial charge in [0, 0.05) is 12.2 Å². The number of hydrogen-bond acceptors (Lipinski definition) is 2. The highest BCUT2D eigenvalue weighted by Gasteiger charge is 2.52. The van der Waals surface area contributed by atoms with E-state index in [-0.39, 0.29) is 4.75 Å². The zero-order valence-electron chi connectivity index (χ0n) is 10.1. The summed E-state index contributed by atoms with van der Waals surface area (Å²) >= 11 is 1.96. The summed E-state index contributed by atoms with van der Waals surface area (Å²) in [5.41, 5.74) is 0. The van der Waals surface area contributed by atoms with Gasteiger partial charge >= 0.3 is 0 Å². The molecule has 2 aliphatic rings. The third-order valence-electron chi connectivity index (χ3n) is 4.19. The summed E-state index contributed by atoms with van der Waals surface area (Å²) in [5.74, 6) is 3.66. The predicted octanol–water partition coefficient (Wildman–Crippen LogP) is 3.52. The second kappa shape index (κ2) is 4.12. The molecule has 2 fully saturated rings. The number of thioether (sulfide) groups is 1. The van der Waals surface area contributed by atoms with Crippen LogP contribution in [0.3, 0.4) is 0 Å². The monoisotopic (exact) mass is 226 g/mol. The van der Waals surface area contributed by atoms with E-state index in [0.717, 1.165) is 24.5 Å². The first-order valence-corrected chi connectivity index (χ1v) is 7.22. The molecule has 0 amide bonds. The van der Waals surface area contributed by atoms with Gasteiger partial charge in [0.05, 0.1) is 4.75 Å². The van der Waals surface area contributed by atoms with Gasteiger partial charge in [0.15, 0.2) is 0 Å². The van der Waals surface area contributed by atoms with Gasteiger partial charge < -0.3 is 0 Å². The van der Waals surface area contributed by atoms with Crippen molar-refractivity contribution in [3.05, 3.63) is 0 Å². The quantitative estimate of drug-likeness (QED) is 0.680. The second-order valence-electron chi connectivity index (χ2n) is 5.65. The molecule has 0 aromatic rings. The molecule has 0 aromatic carbocycles. The van der Waals surface area contributed by atoms with Crippen LogP contribution in [0.4, 0.5) is 0 Å². The second-order valence-corrected chi connectivity index (χ2v) is 7.07. The van der Waals surface area contributed by atoms with Crippen LogP contribution in [-0.4, -0.2) is 16.3 Å². The van der Waals surface area contributed by atoms with Gasteiger partial charge in [-0.05, 0) is 30.6 Å². The molecule has 2 heteroatoms. The molecule has 2 rings (SSSR count). The Hall–Kier alpha value is 0.0200. The number of Topliss-reactive ketones (excluding diaryl/α,β-unsaturated/α-hetero) is 1. The molecule has 1 aliphatic heterocycles. The van der Waals surface area contributed by atoms with Gasteiger partial charge in [-0.3, -0.25) is 4.79 Å². The summed E-state index contributed by atoms with van der Waals surface area (Å²) in [6, 6.07) is 0. The van der Waals surface area contributed by atoms with Crippen LogP contribution in [0.2, 0.25) is 0 Å². The van der Waals surface area contributed by atoms with Crippen LogP contribution < -0.4 is 0 Å². The summed E-state index contributed by atoms with van der Waals surface area (Å²) in [6.07, 6.45) is 4.54. The fourth-order valence-corrected chi connectivity index (χ4v) is 5.37. The Kier molecular flexibility index (Phi) is 3.16. The standard InChI is InChI=1S/C13H22OS/c1-9(2)11-5-4-10(3)8-13(11)12(14)6-7-15-13/h9-11H,4-8H2,1-3H3/t10-,11+,13+/m1/s1. The van der Waals surface area contributed by atoms with E-state index in [4.69, 9.17) is 0 Å². The summed E-state index contributed by atoms with van der Waals surface area (Å²) in [7, 11) is 0. The molecule has 1 nitrogen and oxygen atoms in total. The Labute approximate surface area is 97.4 Å². The van der Waals surface area contributed by atoms with Crippen molar-refractivity contribution in [3.8, 4) is 0 Å². The van der Waals surface area contributed by atoms with Gasteiger partial charge in [0.25, 0.3) is 0 Å². The molecule has 1 aliphatic carbocycles. The minimum absolute atomic E-state index is 0.0197. The highest BCUT2D eigenvalue weighted by Crippen LogP contribution is 2.53. The Bertz CT molecular complexity index is 261. The lowest BCUT2D eigenvalue weighted by molar-refractivity contribution is -0.123. The molecule has 1 spiro atoms. The van der Waals surface area contributed by atoms with Gasteiger partial charge in [0.2, 0.25) is 0 Å². The molecule has 0 bridgehead atoms. The maximum Gasteiger partial charge on any atom is 0.150 e. The van der Waals surface area contributed by atoms with Crippen molar-refractivity contribution in [2.24, 2.45) is 17.8 Å². The number of ketones is 1. The third kappa shape index (κ3) is 1.86. The van der Waals surface area contributed by atoms with Crippen molar-refractivity contribution < 1.29 is 4.79 Å². The van der Waals surface area contributed by atoms with E-state index in [2.05, 4.69) is 20.8 Å². The Morgan fingerprint density at radius 1 is 1.40 bits per heavy atom. The number of carbonyl (C=O) groups is 1. The maximum absolute atomic E-state index is 12.2. The lowest BCUT2D eigenvalue weighted by atomic mass is 9.67. The summed E-state index contributed by atoms with van der Waals surface area (Å²) in [4.78, 5) is 12.2. The van der Waals surface area contributed by atoms with Crippen molar-refractivity contribution in [1.82, 2.24) is 0 Å². The van der Waals surface area contributed by atoms with Crippen LogP contribution in [0.25, 0.3) is 0 Å². The van der Waals surface area contributed by atoms with Crippen LogP contribution in [-0.2, 0) is 4.79 Å².